The van der Waals surface area contributed by atoms with E-state index in [1.165, 1.54) is 0 Å². The zero-order valence-electron chi connectivity index (χ0n) is 10.3. The number of nitrogens with two attached hydrogens (primary N) is 2. The second-order valence-corrected chi connectivity index (χ2v) is 4.52. The Labute approximate surface area is 97.8 Å². The maximum Gasteiger partial charge on any atom is 0.118 e. The molecule has 0 aliphatic rings. The normalized spacial score (nSPS) is 14.9. The highest BCUT2D eigenvalue weighted by Crippen LogP contribution is 2.20. The lowest BCUT2D eigenvalue weighted by Gasteiger charge is -2.20. The molecule has 0 bridgehead atoms. The summed E-state index contributed by atoms with van der Waals surface area (Å²) in [6, 6.07) is 8.00. The average molecular weight is 222 g/mol. The van der Waals surface area contributed by atoms with Crippen LogP contribution < -0.4 is 16.2 Å². The van der Waals surface area contributed by atoms with Crippen molar-refractivity contribution in [3.8, 4) is 5.75 Å². The van der Waals surface area contributed by atoms with E-state index in [4.69, 9.17) is 16.2 Å². The van der Waals surface area contributed by atoms with Crippen LogP contribution in [0.15, 0.2) is 24.3 Å². The largest absolute Gasteiger partial charge is 0.497 e. The van der Waals surface area contributed by atoms with Crippen molar-refractivity contribution in [3.63, 3.8) is 0 Å². The molecule has 0 amide bonds. The van der Waals surface area contributed by atoms with Gasteiger partial charge in [-0.3, -0.25) is 0 Å². The highest BCUT2D eigenvalue weighted by Gasteiger charge is 2.14. The molecule has 0 aliphatic carbocycles. The topological polar surface area (TPSA) is 61.3 Å². The van der Waals surface area contributed by atoms with Crippen LogP contribution in [-0.2, 0) is 0 Å². The molecule has 0 heterocycles. The molecule has 16 heavy (non-hydrogen) atoms. The molecule has 0 saturated carbocycles. The van der Waals surface area contributed by atoms with Gasteiger partial charge in [-0.25, -0.2) is 0 Å². The van der Waals surface area contributed by atoms with Crippen molar-refractivity contribution >= 4 is 0 Å². The molecule has 3 heteroatoms. The van der Waals surface area contributed by atoms with Crippen molar-refractivity contribution in [3.05, 3.63) is 29.8 Å². The van der Waals surface area contributed by atoms with E-state index in [1.807, 2.05) is 24.3 Å². The molecule has 0 radical (unpaired) electrons. The van der Waals surface area contributed by atoms with Crippen LogP contribution in [0.2, 0.25) is 0 Å². The predicted octanol–water partition coefficient (Wildman–Crippen LogP) is 2.07. The number of benzene rings is 1. The lowest BCUT2D eigenvalue weighted by Crippen LogP contribution is -2.30. The Balaban J connectivity index is 2.62. The van der Waals surface area contributed by atoms with Crippen LogP contribution in [0, 0.1) is 5.92 Å². The SMILES string of the molecule is COc1ccc([C@@H](N)C[C@@H](N)C(C)C)cc1. The average Bonchev–Trinajstić information content (AvgIpc) is 2.28. The molecule has 0 spiro atoms. The smallest absolute Gasteiger partial charge is 0.118 e. The summed E-state index contributed by atoms with van der Waals surface area (Å²) in [5, 5.41) is 0. The van der Waals surface area contributed by atoms with Crippen LogP contribution in [0.5, 0.6) is 5.75 Å². The third kappa shape index (κ3) is 3.51. The molecule has 0 unspecified atom stereocenters. The van der Waals surface area contributed by atoms with Gasteiger partial charge in [-0.15, -0.1) is 0 Å². The van der Waals surface area contributed by atoms with Crippen LogP contribution in [-0.4, -0.2) is 13.2 Å². The van der Waals surface area contributed by atoms with Crippen LogP contribution in [0.3, 0.4) is 0 Å². The predicted molar refractivity (Wildman–Crippen MR) is 67.4 cm³/mol. The van der Waals surface area contributed by atoms with Crippen molar-refractivity contribution in [2.24, 2.45) is 17.4 Å². The first-order valence-corrected chi connectivity index (χ1v) is 5.69. The molecule has 0 aromatic heterocycles. The molecule has 0 saturated heterocycles. The Hall–Kier alpha value is -1.06. The molecule has 0 fully saturated rings. The number of hydrogen-bond acceptors (Lipinski definition) is 3. The fourth-order valence-electron chi connectivity index (χ4n) is 1.55. The third-order valence-electron chi connectivity index (χ3n) is 2.93. The lowest BCUT2D eigenvalue weighted by molar-refractivity contribution is 0.413. The summed E-state index contributed by atoms with van der Waals surface area (Å²) >= 11 is 0. The van der Waals surface area contributed by atoms with Crippen LogP contribution in [0.1, 0.15) is 31.9 Å². The van der Waals surface area contributed by atoms with E-state index in [0.717, 1.165) is 17.7 Å². The van der Waals surface area contributed by atoms with Crippen molar-refractivity contribution in [1.29, 1.82) is 0 Å². The van der Waals surface area contributed by atoms with Gasteiger partial charge in [0.15, 0.2) is 0 Å². The first-order valence-electron chi connectivity index (χ1n) is 5.69. The van der Waals surface area contributed by atoms with Gasteiger partial charge in [-0.05, 0) is 30.0 Å². The van der Waals surface area contributed by atoms with Gasteiger partial charge < -0.3 is 16.2 Å². The van der Waals surface area contributed by atoms with Crippen molar-refractivity contribution in [2.45, 2.75) is 32.4 Å². The van der Waals surface area contributed by atoms with E-state index in [0.29, 0.717) is 5.92 Å². The van der Waals surface area contributed by atoms with Crippen molar-refractivity contribution in [2.75, 3.05) is 7.11 Å². The van der Waals surface area contributed by atoms with Gasteiger partial charge in [0, 0.05) is 12.1 Å². The summed E-state index contributed by atoms with van der Waals surface area (Å²) in [4.78, 5) is 0. The number of rotatable bonds is 5. The minimum atomic E-state index is 0.00306. The van der Waals surface area contributed by atoms with Crippen molar-refractivity contribution in [1.82, 2.24) is 0 Å². The van der Waals surface area contributed by atoms with Crippen LogP contribution >= 0.6 is 0 Å². The summed E-state index contributed by atoms with van der Waals surface area (Å²) in [7, 11) is 1.66. The van der Waals surface area contributed by atoms with E-state index < -0.39 is 0 Å². The third-order valence-corrected chi connectivity index (χ3v) is 2.93. The molecular weight excluding hydrogens is 200 g/mol. The standard InChI is InChI=1S/C13H22N2O/c1-9(2)12(14)8-13(15)10-4-6-11(16-3)7-5-10/h4-7,9,12-13H,8,14-15H2,1-3H3/t12-,13+/m1/s1. The Bertz CT molecular complexity index is 308. The Morgan fingerprint density at radius 3 is 2.12 bits per heavy atom. The van der Waals surface area contributed by atoms with E-state index in [-0.39, 0.29) is 12.1 Å². The molecule has 90 valence electrons. The van der Waals surface area contributed by atoms with E-state index in [9.17, 15) is 0 Å². The van der Waals surface area contributed by atoms with E-state index in [2.05, 4.69) is 13.8 Å². The van der Waals surface area contributed by atoms with Gasteiger partial charge in [-0.2, -0.15) is 0 Å². The molecule has 2 atom stereocenters. The number of hydrogen-bond donors (Lipinski definition) is 2. The number of methoxy groups -OCH3 is 1. The zero-order chi connectivity index (χ0) is 12.1. The maximum atomic E-state index is 6.10. The second kappa shape index (κ2) is 5.87. The number of ether oxygens (including phenoxy) is 1. The summed E-state index contributed by atoms with van der Waals surface area (Å²) < 4.78 is 5.10. The van der Waals surface area contributed by atoms with Gasteiger partial charge >= 0.3 is 0 Å². The lowest BCUT2D eigenvalue weighted by atomic mass is 9.94. The molecule has 1 aromatic rings. The molecular formula is C13H22N2O. The van der Waals surface area contributed by atoms with Gasteiger partial charge in [0.25, 0.3) is 0 Å². The summed E-state index contributed by atoms with van der Waals surface area (Å²) in [5.41, 5.74) is 13.2. The molecule has 4 N–H and O–H groups in total. The van der Waals surface area contributed by atoms with Gasteiger partial charge in [-0.1, -0.05) is 26.0 Å². The first-order chi connectivity index (χ1) is 7.54. The molecule has 0 aliphatic heterocycles. The molecule has 1 rings (SSSR count). The van der Waals surface area contributed by atoms with Gasteiger partial charge in [0.05, 0.1) is 7.11 Å². The van der Waals surface area contributed by atoms with Gasteiger partial charge in [0.1, 0.15) is 5.75 Å². The minimum Gasteiger partial charge on any atom is -0.497 e. The van der Waals surface area contributed by atoms with Crippen LogP contribution in [0.4, 0.5) is 0 Å². The first kappa shape index (κ1) is 13.0. The Kier molecular flexibility index (Phi) is 4.77. The highest BCUT2D eigenvalue weighted by atomic mass is 16.5. The Morgan fingerprint density at radius 1 is 1.12 bits per heavy atom. The van der Waals surface area contributed by atoms with E-state index in [1.54, 1.807) is 7.11 Å². The fraction of sp³-hybridized carbons (Fsp3) is 0.538. The fourth-order valence-corrected chi connectivity index (χ4v) is 1.55. The molecule has 3 nitrogen and oxygen atoms in total. The highest BCUT2D eigenvalue weighted by molar-refractivity contribution is 5.29. The maximum absolute atomic E-state index is 6.10. The summed E-state index contributed by atoms with van der Waals surface area (Å²) in [6.45, 7) is 4.23. The van der Waals surface area contributed by atoms with Crippen molar-refractivity contribution < 1.29 is 4.74 Å². The van der Waals surface area contributed by atoms with Gasteiger partial charge in [0.2, 0.25) is 0 Å². The Morgan fingerprint density at radius 2 is 1.69 bits per heavy atom. The monoisotopic (exact) mass is 222 g/mol. The minimum absolute atomic E-state index is 0.00306. The summed E-state index contributed by atoms with van der Waals surface area (Å²) in [6.07, 6.45) is 0.810. The molecule has 1 aromatic carbocycles. The zero-order valence-corrected chi connectivity index (χ0v) is 10.3. The summed E-state index contributed by atoms with van der Waals surface area (Å²) in [5.74, 6) is 1.31. The second-order valence-electron chi connectivity index (χ2n) is 4.52. The van der Waals surface area contributed by atoms with E-state index >= 15 is 0 Å². The quantitative estimate of drug-likeness (QED) is 0.801. The van der Waals surface area contributed by atoms with Crippen LogP contribution in [0.25, 0.3) is 0 Å².